The monoisotopic (exact) mass is 417 g/mol. The van der Waals surface area contributed by atoms with Gasteiger partial charge in [-0.3, -0.25) is 4.79 Å². The Hall–Kier alpha value is -3.07. The number of hydrogen-bond acceptors (Lipinski definition) is 5. The average molecular weight is 418 g/mol. The van der Waals surface area contributed by atoms with E-state index in [0.717, 1.165) is 56.4 Å². The molecular formula is C21H31N5O4. The molecule has 0 saturated carbocycles. The van der Waals surface area contributed by atoms with Crippen LogP contribution in [0.15, 0.2) is 36.7 Å². The number of urea groups is 1. The van der Waals surface area contributed by atoms with Gasteiger partial charge in [0.1, 0.15) is 5.75 Å². The summed E-state index contributed by atoms with van der Waals surface area (Å²) in [7, 11) is 1.64. The van der Waals surface area contributed by atoms with E-state index in [1.807, 2.05) is 37.4 Å². The van der Waals surface area contributed by atoms with Gasteiger partial charge in [-0.05, 0) is 50.9 Å². The predicted octanol–water partition coefficient (Wildman–Crippen LogP) is 2.33. The van der Waals surface area contributed by atoms with Gasteiger partial charge in [-0.2, -0.15) is 5.10 Å². The zero-order valence-electron chi connectivity index (χ0n) is 17.7. The number of carboxylic acid groups (broad SMARTS) is 1. The molecule has 0 radical (unpaired) electrons. The van der Waals surface area contributed by atoms with Crippen LogP contribution in [-0.4, -0.2) is 53.6 Å². The lowest BCUT2D eigenvalue weighted by molar-refractivity contribution is -0.134. The lowest BCUT2D eigenvalue weighted by Gasteiger charge is -2.23. The average Bonchev–Trinajstić information content (AvgIpc) is 3.23. The number of piperidine rings is 1. The maximum Gasteiger partial charge on any atom is 0.315 e. The second-order valence-corrected chi connectivity index (χ2v) is 7.21. The number of nitrogens with one attached hydrogen (secondary N) is 3. The first kappa shape index (κ1) is 23.2. The van der Waals surface area contributed by atoms with Crippen LogP contribution in [0, 0.1) is 5.92 Å². The van der Waals surface area contributed by atoms with Crippen molar-refractivity contribution in [2.24, 2.45) is 5.92 Å². The van der Waals surface area contributed by atoms with Crippen molar-refractivity contribution < 1.29 is 19.4 Å². The Morgan fingerprint density at radius 2 is 2.07 bits per heavy atom. The predicted molar refractivity (Wildman–Crippen MR) is 114 cm³/mol. The van der Waals surface area contributed by atoms with Crippen molar-refractivity contribution >= 4 is 12.0 Å². The maximum absolute atomic E-state index is 12.1. The first-order valence-electron chi connectivity index (χ1n) is 10.0. The number of aromatic nitrogens is 2. The first-order chi connectivity index (χ1) is 14.4. The number of rotatable bonds is 6. The highest BCUT2D eigenvalue weighted by Gasteiger charge is 2.16. The summed E-state index contributed by atoms with van der Waals surface area (Å²) in [5.41, 5.74) is 1.86. The third-order valence-corrected chi connectivity index (χ3v) is 4.78. The summed E-state index contributed by atoms with van der Waals surface area (Å²) in [5, 5.41) is 21.1. The number of hydrogen-bond donors (Lipinski definition) is 4. The van der Waals surface area contributed by atoms with E-state index in [9.17, 15) is 4.79 Å². The molecular weight excluding hydrogens is 386 g/mol. The molecule has 1 aliphatic heterocycles. The lowest BCUT2D eigenvalue weighted by Crippen LogP contribution is -2.41. The van der Waals surface area contributed by atoms with Gasteiger partial charge in [-0.15, -0.1) is 0 Å². The van der Waals surface area contributed by atoms with Crippen LogP contribution < -0.4 is 20.7 Å². The zero-order valence-corrected chi connectivity index (χ0v) is 17.7. The Morgan fingerprint density at radius 1 is 1.37 bits per heavy atom. The van der Waals surface area contributed by atoms with Gasteiger partial charge in [-0.1, -0.05) is 6.07 Å². The largest absolute Gasteiger partial charge is 0.497 e. The summed E-state index contributed by atoms with van der Waals surface area (Å²) in [6, 6.07) is 7.44. The third kappa shape index (κ3) is 7.75. The Bertz CT molecular complexity index is 813. The molecule has 1 atom stereocenters. The van der Waals surface area contributed by atoms with Crippen molar-refractivity contribution in [3.63, 3.8) is 0 Å². The molecule has 164 valence electrons. The van der Waals surface area contributed by atoms with Crippen LogP contribution in [0.2, 0.25) is 0 Å². The van der Waals surface area contributed by atoms with Crippen molar-refractivity contribution in [1.29, 1.82) is 0 Å². The second kappa shape index (κ2) is 11.8. The number of carbonyl (C=O) groups is 2. The number of benzene rings is 1. The maximum atomic E-state index is 12.1. The van der Waals surface area contributed by atoms with Crippen LogP contribution in [-0.2, 0) is 4.79 Å². The molecule has 2 heterocycles. The fourth-order valence-corrected chi connectivity index (χ4v) is 3.11. The molecule has 2 amide bonds. The molecule has 1 fully saturated rings. The van der Waals surface area contributed by atoms with E-state index >= 15 is 0 Å². The highest BCUT2D eigenvalue weighted by Crippen LogP contribution is 2.18. The van der Waals surface area contributed by atoms with E-state index in [4.69, 9.17) is 14.6 Å². The molecule has 9 nitrogen and oxygen atoms in total. The molecule has 1 aliphatic rings. The molecule has 9 heteroatoms. The SMILES string of the molecule is CC(=O)O.COc1cccc(-n2cc(C(C)NC(=O)NCC3CCNCC3)cn2)c1. The summed E-state index contributed by atoms with van der Waals surface area (Å²) in [5.74, 6) is 0.510. The minimum absolute atomic E-state index is 0.123. The fourth-order valence-electron chi connectivity index (χ4n) is 3.11. The molecule has 0 aliphatic carbocycles. The lowest BCUT2D eigenvalue weighted by atomic mass is 9.98. The van der Waals surface area contributed by atoms with Crippen molar-refractivity contribution in [2.75, 3.05) is 26.7 Å². The van der Waals surface area contributed by atoms with Crippen LogP contribution in [0.1, 0.15) is 38.3 Å². The molecule has 30 heavy (non-hydrogen) atoms. The highest BCUT2D eigenvalue weighted by atomic mass is 16.5. The van der Waals surface area contributed by atoms with Crippen LogP contribution in [0.5, 0.6) is 5.75 Å². The van der Waals surface area contributed by atoms with E-state index < -0.39 is 5.97 Å². The van der Waals surface area contributed by atoms with E-state index in [1.54, 1.807) is 18.0 Å². The van der Waals surface area contributed by atoms with Gasteiger partial charge < -0.3 is 25.8 Å². The van der Waals surface area contributed by atoms with Crippen molar-refractivity contribution in [1.82, 2.24) is 25.7 Å². The Labute approximate surface area is 176 Å². The summed E-state index contributed by atoms with van der Waals surface area (Å²) >= 11 is 0. The van der Waals surface area contributed by atoms with E-state index in [2.05, 4.69) is 21.0 Å². The van der Waals surface area contributed by atoms with Gasteiger partial charge in [0.2, 0.25) is 0 Å². The van der Waals surface area contributed by atoms with Gasteiger partial charge in [0.05, 0.1) is 25.0 Å². The van der Waals surface area contributed by atoms with Gasteiger partial charge >= 0.3 is 6.03 Å². The van der Waals surface area contributed by atoms with Gasteiger partial charge in [0.15, 0.2) is 0 Å². The Balaban J connectivity index is 0.000000735. The van der Waals surface area contributed by atoms with Crippen LogP contribution in [0.3, 0.4) is 0 Å². The van der Waals surface area contributed by atoms with E-state index in [0.29, 0.717) is 5.92 Å². The van der Waals surface area contributed by atoms with Crippen LogP contribution in [0.25, 0.3) is 5.69 Å². The smallest absolute Gasteiger partial charge is 0.315 e. The molecule has 2 aromatic rings. The summed E-state index contributed by atoms with van der Waals surface area (Å²) in [4.78, 5) is 21.1. The standard InChI is InChI=1S/C19H27N5O2.C2H4O2/c1-14(23-19(25)21-11-15-6-8-20-9-7-15)16-12-22-24(13-16)17-4-3-5-18(10-17)26-2;1-2(3)4/h3-5,10,12-15,20H,6-9,11H2,1-2H3,(H2,21,23,25);1H3,(H,3,4). The normalized spacial score (nSPS) is 14.8. The summed E-state index contributed by atoms with van der Waals surface area (Å²) in [6.45, 7) is 5.84. The van der Waals surface area contributed by atoms with Gasteiger partial charge in [0.25, 0.3) is 5.97 Å². The minimum atomic E-state index is -0.833. The van der Waals surface area contributed by atoms with Crippen molar-refractivity contribution in [3.05, 3.63) is 42.2 Å². The Morgan fingerprint density at radius 3 is 2.73 bits per heavy atom. The van der Waals surface area contributed by atoms with E-state index in [1.165, 1.54) is 0 Å². The number of amides is 2. The van der Waals surface area contributed by atoms with Crippen LogP contribution in [0.4, 0.5) is 4.79 Å². The number of carbonyl (C=O) groups excluding carboxylic acids is 1. The quantitative estimate of drug-likeness (QED) is 0.573. The molecule has 4 N–H and O–H groups in total. The number of aliphatic carboxylic acids is 1. The van der Waals surface area contributed by atoms with Crippen molar-refractivity contribution in [3.8, 4) is 11.4 Å². The number of ether oxygens (including phenoxy) is 1. The second-order valence-electron chi connectivity index (χ2n) is 7.21. The molecule has 0 spiro atoms. The molecule has 1 unspecified atom stereocenters. The van der Waals surface area contributed by atoms with Crippen LogP contribution >= 0.6 is 0 Å². The Kier molecular flexibility index (Phi) is 9.14. The first-order valence-corrected chi connectivity index (χ1v) is 10.0. The molecule has 1 aromatic heterocycles. The molecule has 3 rings (SSSR count). The molecule has 1 aromatic carbocycles. The zero-order chi connectivity index (χ0) is 21.9. The summed E-state index contributed by atoms with van der Waals surface area (Å²) in [6.07, 6.45) is 5.93. The summed E-state index contributed by atoms with van der Waals surface area (Å²) < 4.78 is 7.03. The highest BCUT2D eigenvalue weighted by molar-refractivity contribution is 5.74. The van der Waals surface area contributed by atoms with Gasteiger partial charge in [-0.25, -0.2) is 9.48 Å². The van der Waals surface area contributed by atoms with Gasteiger partial charge in [0, 0.05) is 31.3 Å². The fraction of sp³-hybridized carbons (Fsp3) is 0.476. The number of nitrogens with zero attached hydrogens (tertiary/aromatic N) is 2. The third-order valence-electron chi connectivity index (χ3n) is 4.78. The van der Waals surface area contributed by atoms with E-state index in [-0.39, 0.29) is 12.1 Å². The number of carboxylic acids is 1. The minimum Gasteiger partial charge on any atom is -0.497 e. The molecule has 0 bridgehead atoms. The molecule has 1 saturated heterocycles. The van der Waals surface area contributed by atoms with Crippen molar-refractivity contribution in [2.45, 2.75) is 32.7 Å². The topological polar surface area (TPSA) is 118 Å². The number of methoxy groups -OCH3 is 1.